The molecule has 1 atom stereocenters. The maximum atomic E-state index is 13.6. The summed E-state index contributed by atoms with van der Waals surface area (Å²) >= 11 is 0. The predicted octanol–water partition coefficient (Wildman–Crippen LogP) is 4.86. The van der Waals surface area contributed by atoms with Crippen LogP contribution in [0, 0.1) is 0 Å². The number of fused-ring (bicyclic) bond motifs is 1. The smallest absolute Gasteiger partial charge is 0.322 e. The van der Waals surface area contributed by atoms with Gasteiger partial charge in [-0.25, -0.2) is 0 Å². The molecule has 0 bridgehead atoms. The van der Waals surface area contributed by atoms with Gasteiger partial charge in [-0.3, -0.25) is 14.9 Å². The number of hydrogen-bond acceptors (Lipinski definition) is 3. The first-order valence-corrected chi connectivity index (χ1v) is 12.6. The molecule has 38 heavy (non-hydrogen) atoms. The van der Waals surface area contributed by atoms with Gasteiger partial charge in [0.05, 0.1) is 11.6 Å². The first kappa shape index (κ1) is 25.0. The Morgan fingerprint density at radius 3 is 1.74 bits per heavy atom. The number of carboxylic acids is 1. The molecule has 5 aromatic rings. The Morgan fingerprint density at radius 1 is 0.737 bits per heavy atom. The molecule has 4 N–H and O–H groups in total. The van der Waals surface area contributed by atoms with Crippen LogP contribution in [0.2, 0.25) is 0 Å². The van der Waals surface area contributed by atoms with Gasteiger partial charge in [0.15, 0.2) is 0 Å². The van der Waals surface area contributed by atoms with E-state index in [-0.39, 0.29) is 0 Å². The van der Waals surface area contributed by atoms with E-state index in [0.29, 0.717) is 6.42 Å². The molecule has 0 saturated carbocycles. The molecule has 0 aliphatic rings. The van der Waals surface area contributed by atoms with Gasteiger partial charge in [0.1, 0.15) is 6.54 Å². The van der Waals surface area contributed by atoms with Gasteiger partial charge in [-0.05, 0) is 34.2 Å². The van der Waals surface area contributed by atoms with Crippen LogP contribution in [-0.4, -0.2) is 34.6 Å². The number of H-pyrrole nitrogens is 1. The molecule has 0 fully saturated rings. The van der Waals surface area contributed by atoms with E-state index in [9.17, 15) is 14.7 Å². The third kappa shape index (κ3) is 5.21. The molecule has 190 valence electrons. The van der Waals surface area contributed by atoms with Crippen LogP contribution in [-0.2, 0) is 21.5 Å². The van der Waals surface area contributed by atoms with Gasteiger partial charge >= 0.3 is 5.97 Å². The lowest BCUT2D eigenvalue weighted by atomic mass is 9.76. The summed E-state index contributed by atoms with van der Waals surface area (Å²) in [6.07, 6.45) is 0.328. The monoisotopic (exact) mass is 503 g/mol. The fourth-order valence-corrected chi connectivity index (χ4v) is 5.03. The van der Waals surface area contributed by atoms with Crippen LogP contribution >= 0.6 is 0 Å². The summed E-state index contributed by atoms with van der Waals surface area (Å²) in [6, 6.07) is 39.3. The number of benzene rings is 4. The van der Waals surface area contributed by atoms with E-state index < -0.39 is 30.0 Å². The maximum Gasteiger partial charge on any atom is 0.322 e. The predicted molar refractivity (Wildman–Crippen MR) is 149 cm³/mol. The summed E-state index contributed by atoms with van der Waals surface area (Å²) in [5.74, 6) is -1.48. The summed E-state index contributed by atoms with van der Waals surface area (Å²) in [4.78, 5) is 28.3. The lowest BCUT2D eigenvalue weighted by molar-refractivity contribution is -0.138. The zero-order valence-electron chi connectivity index (χ0n) is 20.8. The summed E-state index contributed by atoms with van der Waals surface area (Å²) in [5, 5.41) is 16.6. The fourth-order valence-electron chi connectivity index (χ4n) is 5.03. The number of carboxylic acid groups (broad SMARTS) is 1. The Labute approximate surface area is 221 Å². The van der Waals surface area contributed by atoms with Crippen LogP contribution in [0.5, 0.6) is 0 Å². The zero-order chi connectivity index (χ0) is 26.4. The Bertz CT molecular complexity index is 1390. The Balaban J connectivity index is 1.65. The molecule has 4 aromatic carbocycles. The number of aromatic nitrogens is 1. The normalized spacial score (nSPS) is 12.2. The van der Waals surface area contributed by atoms with Gasteiger partial charge in [0.2, 0.25) is 5.91 Å². The number of carbonyl (C=O) groups excluding carboxylic acids is 1. The average molecular weight is 504 g/mol. The van der Waals surface area contributed by atoms with E-state index in [1.54, 1.807) is 0 Å². The van der Waals surface area contributed by atoms with Crippen LogP contribution in [0.4, 0.5) is 0 Å². The standard InChI is InChI=1S/C32H29N3O3/c36-30(37)22-33-31(38)29(21-27-20-23-12-10-11-19-28(23)34-27)35-32(24-13-4-1-5-14-24,25-15-6-2-7-16-25)26-17-8-3-9-18-26/h1-20,29,34-35H,21-22H2,(H,33,38)(H,36,37). The van der Waals surface area contributed by atoms with E-state index in [0.717, 1.165) is 33.3 Å². The molecule has 0 saturated heterocycles. The van der Waals surface area contributed by atoms with Crippen molar-refractivity contribution < 1.29 is 14.7 Å². The number of aliphatic carboxylic acids is 1. The third-order valence-corrected chi connectivity index (χ3v) is 6.75. The van der Waals surface area contributed by atoms with E-state index in [1.807, 2.05) is 121 Å². The minimum atomic E-state index is -1.09. The van der Waals surface area contributed by atoms with Crippen molar-refractivity contribution in [3.8, 4) is 0 Å². The van der Waals surface area contributed by atoms with Crippen molar-refractivity contribution in [1.82, 2.24) is 15.6 Å². The minimum absolute atomic E-state index is 0.328. The van der Waals surface area contributed by atoms with Gasteiger partial charge in [-0.2, -0.15) is 0 Å². The molecule has 6 nitrogen and oxygen atoms in total. The zero-order valence-corrected chi connectivity index (χ0v) is 20.8. The highest BCUT2D eigenvalue weighted by atomic mass is 16.4. The molecule has 1 aromatic heterocycles. The lowest BCUT2D eigenvalue weighted by Gasteiger charge is -2.39. The number of para-hydroxylation sites is 1. The highest BCUT2D eigenvalue weighted by molar-refractivity contribution is 5.86. The van der Waals surface area contributed by atoms with Crippen molar-refractivity contribution in [2.45, 2.75) is 18.0 Å². The molecule has 1 unspecified atom stereocenters. The Hall–Kier alpha value is -4.68. The number of rotatable bonds is 10. The van der Waals surface area contributed by atoms with Crippen LogP contribution < -0.4 is 10.6 Å². The molecule has 0 aliphatic heterocycles. The van der Waals surface area contributed by atoms with Crippen molar-refractivity contribution in [2.75, 3.05) is 6.54 Å². The highest BCUT2D eigenvalue weighted by Crippen LogP contribution is 2.37. The molecular weight excluding hydrogens is 474 g/mol. The van der Waals surface area contributed by atoms with E-state index in [1.165, 1.54) is 0 Å². The topological polar surface area (TPSA) is 94.2 Å². The highest BCUT2D eigenvalue weighted by Gasteiger charge is 2.40. The van der Waals surface area contributed by atoms with Crippen molar-refractivity contribution in [2.24, 2.45) is 0 Å². The van der Waals surface area contributed by atoms with E-state index in [4.69, 9.17) is 0 Å². The van der Waals surface area contributed by atoms with Gasteiger partial charge in [-0.1, -0.05) is 109 Å². The largest absolute Gasteiger partial charge is 0.480 e. The molecule has 1 amide bonds. The van der Waals surface area contributed by atoms with Crippen molar-refractivity contribution in [1.29, 1.82) is 0 Å². The van der Waals surface area contributed by atoms with E-state index in [2.05, 4.69) is 15.6 Å². The van der Waals surface area contributed by atoms with Crippen LogP contribution in [0.15, 0.2) is 121 Å². The second-order valence-corrected chi connectivity index (χ2v) is 9.24. The van der Waals surface area contributed by atoms with Crippen LogP contribution in [0.3, 0.4) is 0 Å². The molecule has 5 rings (SSSR count). The molecule has 0 spiro atoms. The lowest BCUT2D eigenvalue weighted by Crippen LogP contribution is -2.56. The quantitative estimate of drug-likeness (QED) is 0.205. The number of carbonyl (C=O) groups is 2. The average Bonchev–Trinajstić information content (AvgIpc) is 3.38. The molecule has 0 aliphatic carbocycles. The Kier molecular flexibility index (Phi) is 7.33. The maximum absolute atomic E-state index is 13.6. The van der Waals surface area contributed by atoms with Crippen molar-refractivity contribution in [3.63, 3.8) is 0 Å². The van der Waals surface area contributed by atoms with Crippen LogP contribution in [0.1, 0.15) is 22.4 Å². The Morgan fingerprint density at radius 2 is 1.24 bits per heavy atom. The summed E-state index contributed by atoms with van der Waals surface area (Å²) in [5.41, 5.74) is 3.85. The van der Waals surface area contributed by atoms with E-state index >= 15 is 0 Å². The molecule has 6 heteroatoms. The van der Waals surface area contributed by atoms with Crippen LogP contribution in [0.25, 0.3) is 10.9 Å². The first-order chi connectivity index (χ1) is 18.6. The fraction of sp³-hybridized carbons (Fsp3) is 0.125. The summed E-state index contributed by atoms with van der Waals surface area (Å²) in [7, 11) is 0. The molecular formula is C32H29N3O3. The summed E-state index contributed by atoms with van der Waals surface area (Å²) < 4.78 is 0. The molecule has 0 radical (unpaired) electrons. The van der Waals surface area contributed by atoms with Gasteiger partial charge in [0, 0.05) is 17.6 Å². The number of nitrogens with one attached hydrogen (secondary N) is 3. The van der Waals surface area contributed by atoms with Crippen molar-refractivity contribution >= 4 is 22.8 Å². The third-order valence-electron chi connectivity index (χ3n) is 6.75. The first-order valence-electron chi connectivity index (χ1n) is 12.6. The van der Waals surface area contributed by atoms with Gasteiger partial charge in [0.25, 0.3) is 0 Å². The SMILES string of the molecule is O=C(O)CNC(=O)C(Cc1cc2ccccc2[nH]1)NC(c1ccccc1)(c1ccccc1)c1ccccc1. The minimum Gasteiger partial charge on any atom is -0.480 e. The molecule has 1 heterocycles. The number of amides is 1. The van der Waals surface area contributed by atoms with Crippen molar-refractivity contribution in [3.05, 3.63) is 144 Å². The number of hydrogen-bond donors (Lipinski definition) is 4. The van der Waals surface area contributed by atoms with Gasteiger partial charge < -0.3 is 15.4 Å². The number of aromatic amines is 1. The summed E-state index contributed by atoms with van der Waals surface area (Å²) in [6.45, 7) is -0.460. The second-order valence-electron chi connectivity index (χ2n) is 9.24. The second kappa shape index (κ2) is 11.2. The van der Waals surface area contributed by atoms with Gasteiger partial charge in [-0.15, -0.1) is 0 Å².